The fraction of sp³-hybridized carbons (Fsp3) is 0.238. The van der Waals surface area contributed by atoms with E-state index in [1.54, 1.807) is 36.5 Å². The number of H-pyrrole nitrogens is 1. The van der Waals surface area contributed by atoms with E-state index < -0.39 is 0 Å². The molecule has 3 rings (SSSR count). The van der Waals surface area contributed by atoms with Gasteiger partial charge in [0.1, 0.15) is 5.75 Å². The molecule has 0 saturated carbocycles. The first-order valence-electron chi connectivity index (χ1n) is 8.84. The third-order valence-corrected chi connectivity index (χ3v) is 4.43. The van der Waals surface area contributed by atoms with Gasteiger partial charge in [-0.1, -0.05) is 18.2 Å². The Kier molecular flexibility index (Phi) is 5.57. The SMILES string of the molecule is CN(C)CCCNC(=O)c1ccc(-c2c[nH]c(=O)c3cccc(O)c23)cc1. The molecule has 6 nitrogen and oxygen atoms in total. The smallest absolute Gasteiger partial charge is 0.255 e. The highest BCUT2D eigenvalue weighted by atomic mass is 16.3. The number of fused-ring (bicyclic) bond motifs is 1. The maximum atomic E-state index is 12.2. The lowest BCUT2D eigenvalue weighted by atomic mass is 9.99. The Labute approximate surface area is 157 Å². The van der Waals surface area contributed by atoms with Crippen molar-refractivity contribution in [3.8, 4) is 16.9 Å². The van der Waals surface area contributed by atoms with Crippen molar-refractivity contribution in [3.63, 3.8) is 0 Å². The number of carbonyl (C=O) groups is 1. The zero-order valence-corrected chi connectivity index (χ0v) is 15.5. The molecular formula is C21H23N3O3. The summed E-state index contributed by atoms with van der Waals surface area (Å²) in [6.07, 6.45) is 2.47. The van der Waals surface area contributed by atoms with Gasteiger partial charge in [-0.3, -0.25) is 9.59 Å². The molecule has 0 unspecified atom stereocenters. The molecule has 0 radical (unpaired) electrons. The Morgan fingerprint density at radius 1 is 1.15 bits per heavy atom. The highest BCUT2D eigenvalue weighted by Crippen LogP contribution is 2.32. The predicted molar refractivity (Wildman–Crippen MR) is 107 cm³/mol. The number of amides is 1. The first kappa shape index (κ1) is 18.7. The third kappa shape index (κ3) is 4.17. The molecule has 3 aromatic rings. The predicted octanol–water partition coefficient (Wildman–Crippen LogP) is 2.58. The molecule has 27 heavy (non-hydrogen) atoms. The Morgan fingerprint density at radius 2 is 1.89 bits per heavy atom. The largest absolute Gasteiger partial charge is 0.507 e. The number of carbonyl (C=O) groups excluding carboxylic acids is 1. The van der Waals surface area contributed by atoms with Crippen molar-refractivity contribution in [2.75, 3.05) is 27.2 Å². The molecule has 1 amide bonds. The molecule has 0 aliphatic rings. The number of nitrogens with one attached hydrogen (secondary N) is 2. The number of hydrogen-bond acceptors (Lipinski definition) is 4. The molecule has 0 bridgehead atoms. The monoisotopic (exact) mass is 365 g/mol. The van der Waals surface area contributed by atoms with Crippen molar-refractivity contribution < 1.29 is 9.90 Å². The number of aromatic hydroxyl groups is 1. The standard InChI is InChI=1S/C21H23N3O3/c1-24(2)12-4-11-22-20(26)15-9-7-14(8-10-15)17-13-23-21(27)16-5-3-6-18(25)19(16)17/h3,5-10,13,25H,4,11-12H2,1-2H3,(H,22,26)(H,23,27). The number of aromatic nitrogens is 1. The molecule has 0 spiro atoms. The maximum Gasteiger partial charge on any atom is 0.255 e. The summed E-state index contributed by atoms with van der Waals surface area (Å²) in [5.74, 6) is -0.0641. The second kappa shape index (κ2) is 8.05. The average Bonchev–Trinajstić information content (AvgIpc) is 2.66. The summed E-state index contributed by atoms with van der Waals surface area (Å²) in [7, 11) is 4.00. The van der Waals surface area contributed by atoms with E-state index in [9.17, 15) is 14.7 Å². The first-order chi connectivity index (χ1) is 13.0. The van der Waals surface area contributed by atoms with E-state index in [-0.39, 0.29) is 17.2 Å². The summed E-state index contributed by atoms with van der Waals surface area (Å²) >= 11 is 0. The van der Waals surface area contributed by atoms with Crippen LogP contribution in [0.15, 0.2) is 53.5 Å². The van der Waals surface area contributed by atoms with Crippen LogP contribution in [0.25, 0.3) is 21.9 Å². The van der Waals surface area contributed by atoms with Crippen molar-refractivity contribution >= 4 is 16.7 Å². The molecule has 2 aromatic carbocycles. The van der Waals surface area contributed by atoms with E-state index in [2.05, 4.69) is 15.2 Å². The number of benzene rings is 2. The van der Waals surface area contributed by atoms with Crippen molar-refractivity contribution in [1.82, 2.24) is 15.2 Å². The van der Waals surface area contributed by atoms with Crippen molar-refractivity contribution in [3.05, 3.63) is 64.6 Å². The van der Waals surface area contributed by atoms with Crippen LogP contribution < -0.4 is 10.9 Å². The van der Waals surface area contributed by atoms with Crippen LogP contribution in [0, 0.1) is 0 Å². The zero-order valence-electron chi connectivity index (χ0n) is 15.5. The third-order valence-electron chi connectivity index (χ3n) is 4.43. The summed E-state index contributed by atoms with van der Waals surface area (Å²) in [6.45, 7) is 1.54. The second-order valence-corrected chi connectivity index (χ2v) is 6.72. The van der Waals surface area contributed by atoms with Crippen molar-refractivity contribution in [1.29, 1.82) is 0 Å². The highest BCUT2D eigenvalue weighted by molar-refractivity contribution is 6.00. The van der Waals surface area contributed by atoms with Gasteiger partial charge in [-0.15, -0.1) is 0 Å². The van der Waals surface area contributed by atoms with Crippen LogP contribution in [0.3, 0.4) is 0 Å². The molecule has 0 fully saturated rings. The van der Waals surface area contributed by atoms with Crippen LogP contribution >= 0.6 is 0 Å². The van der Waals surface area contributed by atoms with E-state index >= 15 is 0 Å². The molecule has 0 aliphatic carbocycles. The Morgan fingerprint density at radius 3 is 2.59 bits per heavy atom. The van der Waals surface area contributed by atoms with Gasteiger partial charge in [-0.25, -0.2) is 0 Å². The van der Waals surface area contributed by atoms with E-state index in [0.29, 0.717) is 28.4 Å². The van der Waals surface area contributed by atoms with Gasteiger partial charge in [0.05, 0.1) is 5.39 Å². The summed E-state index contributed by atoms with van der Waals surface area (Å²) in [5, 5.41) is 14.1. The number of phenols is 1. The quantitative estimate of drug-likeness (QED) is 0.586. The van der Waals surface area contributed by atoms with E-state index in [4.69, 9.17) is 0 Å². The van der Waals surface area contributed by atoms with Crippen molar-refractivity contribution in [2.45, 2.75) is 6.42 Å². The fourth-order valence-corrected chi connectivity index (χ4v) is 3.03. The lowest BCUT2D eigenvalue weighted by Gasteiger charge is -2.11. The van der Waals surface area contributed by atoms with Gasteiger partial charge < -0.3 is 20.3 Å². The van der Waals surface area contributed by atoms with E-state index in [1.807, 2.05) is 26.2 Å². The first-order valence-corrected chi connectivity index (χ1v) is 8.84. The molecular weight excluding hydrogens is 342 g/mol. The zero-order chi connectivity index (χ0) is 19.4. The summed E-state index contributed by atoms with van der Waals surface area (Å²) in [6, 6.07) is 12.0. The Hall–Kier alpha value is -3.12. The van der Waals surface area contributed by atoms with E-state index in [1.165, 1.54) is 0 Å². The van der Waals surface area contributed by atoms with Crippen LogP contribution in [0.1, 0.15) is 16.8 Å². The molecule has 6 heteroatoms. The second-order valence-electron chi connectivity index (χ2n) is 6.72. The average molecular weight is 365 g/mol. The van der Waals surface area contributed by atoms with Gasteiger partial charge in [0.2, 0.25) is 0 Å². The minimum Gasteiger partial charge on any atom is -0.507 e. The van der Waals surface area contributed by atoms with Crippen LogP contribution in [-0.2, 0) is 0 Å². The Balaban J connectivity index is 1.82. The highest BCUT2D eigenvalue weighted by Gasteiger charge is 2.12. The lowest BCUT2D eigenvalue weighted by molar-refractivity contribution is 0.0952. The number of nitrogens with zero attached hydrogens (tertiary/aromatic N) is 1. The van der Waals surface area contributed by atoms with Gasteiger partial charge in [-0.2, -0.15) is 0 Å². The summed E-state index contributed by atoms with van der Waals surface area (Å²) < 4.78 is 0. The van der Waals surface area contributed by atoms with Crippen LogP contribution in [0.2, 0.25) is 0 Å². The van der Waals surface area contributed by atoms with Crippen LogP contribution in [-0.4, -0.2) is 48.1 Å². The minimum absolute atomic E-state index is 0.0521. The van der Waals surface area contributed by atoms with Crippen LogP contribution in [0.4, 0.5) is 0 Å². The molecule has 0 saturated heterocycles. The van der Waals surface area contributed by atoms with Gasteiger partial charge in [0.15, 0.2) is 0 Å². The van der Waals surface area contributed by atoms with Gasteiger partial charge in [-0.05, 0) is 56.9 Å². The maximum absolute atomic E-state index is 12.2. The fourth-order valence-electron chi connectivity index (χ4n) is 3.03. The van der Waals surface area contributed by atoms with Crippen molar-refractivity contribution in [2.24, 2.45) is 0 Å². The summed E-state index contributed by atoms with van der Waals surface area (Å²) in [5.41, 5.74) is 1.84. The molecule has 3 N–H and O–H groups in total. The number of pyridine rings is 1. The van der Waals surface area contributed by atoms with Gasteiger partial charge >= 0.3 is 0 Å². The van der Waals surface area contributed by atoms with Gasteiger partial charge in [0, 0.05) is 29.3 Å². The molecule has 140 valence electrons. The number of hydrogen-bond donors (Lipinski definition) is 3. The summed E-state index contributed by atoms with van der Waals surface area (Å²) in [4.78, 5) is 29.0. The molecule has 1 heterocycles. The molecule has 1 aromatic heterocycles. The topological polar surface area (TPSA) is 85.4 Å². The number of phenolic OH excluding ortho intramolecular Hbond substituents is 1. The minimum atomic E-state index is -0.252. The normalized spacial score (nSPS) is 11.1. The van der Waals surface area contributed by atoms with Crippen LogP contribution in [0.5, 0.6) is 5.75 Å². The van der Waals surface area contributed by atoms with E-state index in [0.717, 1.165) is 18.5 Å². The number of rotatable bonds is 6. The Bertz CT molecular complexity index is 1010. The molecule has 0 aliphatic heterocycles. The molecule has 0 atom stereocenters. The van der Waals surface area contributed by atoms with Gasteiger partial charge in [0.25, 0.3) is 11.5 Å². The lowest BCUT2D eigenvalue weighted by Crippen LogP contribution is -2.27. The number of aromatic amines is 1.